The minimum atomic E-state index is 0.238. The summed E-state index contributed by atoms with van der Waals surface area (Å²) < 4.78 is 0. The summed E-state index contributed by atoms with van der Waals surface area (Å²) in [5.41, 5.74) is 0. The molecule has 0 rings (SSSR count). The molecule has 0 aromatic carbocycles. The van der Waals surface area contributed by atoms with Crippen molar-refractivity contribution in [1.29, 1.82) is 0 Å². The van der Waals surface area contributed by atoms with Crippen molar-refractivity contribution in [2.75, 3.05) is 0 Å². The van der Waals surface area contributed by atoms with E-state index in [0.717, 1.165) is 19.3 Å². The molecule has 1 atom stereocenters. The summed E-state index contributed by atoms with van der Waals surface area (Å²) in [6, 6.07) is 0.344. The van der Waals surface area contributed by atoms with Crippen LogP contribution >= 0.6 is 0 Å². The van der Waals surface area contributed by atoms with E-state index in [-0.39, 0.29) is 5.91 Å². The van der Waals surface area contributed by atoms with Gasteiger partial charge in [-0.25, -0.2) is 0 Å². The normalized spacial score (nSPS) is 12.4. The van der Waals surface area contributed by atoms with Crippen molar-refractivity contribution in [3.8, 4) is 0 Å². The zero-order chi connectivity index (χ0) is 13.6. The van der Waals surface area contributed by atoms with E-state index < -0.39 is 0 Å². The summed E-state index contributed by atoms with van der Waals surface area (Å²) in [6.07, 6.45) is 13.3. The second kappa shape index (κ2) is 12.9. The molecule has 0 saturated carbocycles. The molecule has 0 aliphatic carbocycles. The van der Waals surface area contributed by atoms with Crippen molar-refractivity contribution in [3.05, 3.63) is 0 Å². The van der Waals surface area contributed by atoms with Crippen molar-refractivity contribution < 1.29 is 4.79 Å². The lowest BCUT2D eigenvalue weighted by atomic mass is 10.1. The first-order valence-corrected chi connectivity index (χ1v) is 8.00. The second-order valence-corrected chi connectivity index (χ2v) is 5.48. The molecule has 0 aliphatic rings. The molecule has 1 unspecified atom stereocenters. The van der Waals surface area contributed by atoms with Gasteiger partial charge in [-0.3, -0.25) is 4.79 Å². The van der Waals surface area contributed by atoms with Crippen LogP contribution in [0.15, 0.2) is 0 Å². The van der Waals surface area contributed by atoms with Gasteiger partial charge >= 0.3 is 0 Å². The molecule has 2 nitrogen and oxygen atoms in total. The molecule has 0 aliphatic heterocycles. The van der Waals surface area contributed by atoms with E-state index in [1.807, 2.05) is 0 Å². The number of hydrogen-bond acceptors (Lipinski definition) is 1. The van der Waals surface area contributed by atoms with Crippen LogP contribution in [-0.2, 0) is 4.79 Å². The fraction of sp³-hybridized carbons (Fsp3) is 0.938. The minimum Gasteiger partial charge on any atom is -0.354 e. The smallest absolute Gasteiger partial charge is 0.220 e. The van der Waals surface area contributed by atoms with Gasteiger partial charge in [0.05, 0.1) is 0 Å². The van der Waals surface area contributed by atoms with Gasteiger partial charge in [-0.2, -0.15) is 0 Å². The fourth-order valence-electron chi connectivity index (χ4n) is 2.27. The van der Waals surface area contributed by atoms with Gasteiger partial charge in [-0.15, -0.1) is 0 Å². The Labute approximate surface area is 114 Å². The molecule has 0 bridgehead atoms. The summed E-state index contributed by atoms with van der Waals surface area (Å²) in [6.45, 7) is 6.49. The maximum atomic E-state index is 11.6. The standard InChI is InChI=1S/C16H33NO/c1-4-6-7-8-9-10-11-12-14-16(18)17-15(3)13-5-2/h15H,4-14H2,1-3H3,(H,17,18). The number of carbonyl (C=O) groups is 1. The SMILES string of the molecule is CCCCCCCCCCC(=O)NC(C)CCC. The van der Waals surface area contributed by atoms with Gasteiger partial charge < -0.3 is 5.32 Å². The quantitative estimate of drug-likeness (QED) is 0.498. The van der Waals surface area contributed by atoms with E-state index >= 15 is 0 Å². The lowest BCUT2D eigenvalue weighted by molar-refractivity contribution is -0.121. The number of unbranched alkanes of at least 4 members (excludes halogenated alkanes) is 7. The fourth-order valence-corrected chi connectivity index (χ4v) is 2.27. The van der Waals surface area contributed by atoms with Gasteiger partial charge in [0.25, 0.3) is 0 Å². The summed E-state index contributed by atoms with van der Waals surface area (Å²) in [7, 11) is 0. The van der Waals surface area contributed by atoms with Gasteiger partial charge in [-0.05, 0) is 19.8 Å². The number of nitrogens with one attached hydrogen (secondary N) is 1. The summed E-state index contributed by atoms with van der Waals surface area (Å²) in [5, 5.41) is 3.06. The number of hydrogen-bond donors (Lipinski definition) is 1. The first-order valence-electron chi connectivity index (χ1n) is 8.00. The number of rotatable bonds is 12. The van der Waals surface area contributed by atoms with E-state index in [9.17, 15) is 4.79 Å². The molecule has 1 amide bonds. The predicted octanol–water partition coefficient (Wildman–Crippen LogP) is 4.82. The third kappa shape index (κ3) is 11.9. The Morgan fingerprint density at radius 2 is 1.44 bits per heavy atom. The van der Waals surface area contributed by atoms with Crippen LogP contribution in [0.25, 0.3) is 0 Å². The van der Waals surface area contributed by atoms with Crippen molar-refractivity contribution >= 4 is 5.91 Å². The Kier molecular flexibility index (Phi) is 12.5. The van der Waals surface area contributed by atoms with E-state index in [2.05, 4.69) is 26.1 Å². The molecular formula is C16H33NO. The van der Waals surface area contributed by atoms with Crippen LogP contribution in [0.2, 0.25) is 0 Å². The molecule has 0 aromatic heterocycles. The van der Waals surface area contributed by atoms with Crippen molar-refractivity contribution in [2.45, 2.75) is 97.4 Å². The monoisotopic (exact) mass is 255 g/mol. The zero-order valence-corrected chi connectivity index (χ0v) is 12.8. The van der Waals surface area contributed by atoms with Crippen molar-refractivity contribution in [2.24, 2.45) is 0 Å². The maximum absolute atomic E-state index is 11.6. The number of amides is 1. The topological polar surface area (TPSA) is 29.1 Å². The molecule has 0 aromatic rings. The Bertz CT molecular complexity index is 192. The highest BCUT2D eigenvalue weighted by atomic mass is 16.1. The molecule has 0 radical (unpaired) electrons. The highest BCUT2D eigenvalue weighted by Crippen LogP contribution is 2.09. The Hall–Kier alpha value is -0.530. The molecule has 0 spiro atoms. The van der Waals surface area contributed by atoms with Crippen molar-refractivity contribution in [1.82, 2.24) is 5.32 Å². The Morgan fingerprint density at radius 3 is 2.00 bits per heavy atom. The molecule has 1 N–H and O–H groups in total. The van der Waals surface area contributed by atoms with Crippen LogP contribution < -0.4 is 5.32 Å². The molecule has 108 valence electrons. The van der Waals surface area contributed by atoms with E-state index in [1.54, 1.807) is 0 Å². The lowest BCUT2D eigenvalue weighted by Gasteiger charge is -2.12. The van der Waals surface area contributed by atoms with E-state index in [1.165, 1.54) is 44.9 Å². The third-order valence-electron chi connectivity index (χ3n) is 3.39. The van der Waals surface area contributed by atoms with Gasteiger partial charge in [0, 0.05) is 12.5 Å². The molecule has 0 heterocycles. The molecular weight excluding hydrogens is 222 g/mol. The summed E-state index contributed by atoms with van der Waals surface area (Å²) >= 11 is 0. The first-order chi connectivity index (χ1) is 8.70. The molecule has 0 fully saturated rings. The summed E-state index contributed by atoms with van der Waals surface area (Å²) in [5.74, 6) is 0.238. The van der Waals surface area contributed by atoms with Crippen LogP contribution in [0, 0.1) is 0 Å². The Morgan fingerprint density at radius 1 is 0.889 bits per heavy atom. The second-order valence-electron chi connectivity index (χ2n) is 5.48. The average molecular weight is 255 g/mol. The molecule has 0 saturated heterocycles. The van der Waals surface area contributed by atoms with Crippen LogP contribution in [0.4, 0.5) is 0 Å². The number of carbonyl (C=O) groups excluding carboxylic acids is 1. The van der Waals surface area contributed by atoms with Crippen LogP contribution in [0.1, 0.15) is 91.4 Å². The van der Waals surface area contributed by atoms with Crippen LogP contribution in [0.5, 0.6) is 0 Å². The molecule has 2 heteroatoms. The highest BCUT2D eigenvalue weighted by Gasteiger charge is 2.05. The van der Waals surface area contributed by atoms with E-state index in [0.29, 0.717) is 12.5 Å². The lowest BCUT2D eigenvalue weighted by Crippen LogP contribution is -2.32. The van der Waals surface area contributed by atoms with Gasteiger partial charge in [-0.1, -0.05) is 65.2 Å². The zero-order valence-electron chi connectivity index (χ0n) is 12.8. The van der Waals surface area contributed by atoms with Crippen LogP contribution in [0.3, 0.4) is 0 Å². The minimum absolute atomic E-state index is 0.238. The highest BCUT2D eigenvalue weighted by molar-refractivity contribution is 5.76. The average Bonchev–Trinajstić information content (AvgIpc) is 2.32. The van der Waals surface area contributed by atoms with Gasteiger partial charge in [0.2, 0.25) is 5.91 Å². The molecule has 18 heavy (non-hydrogen) atoms. The first kappa shape index (κ1) is 17.5. The summed E-state index contributed by atoms with van der Waals surface area (Å²) in [4.78, 5) is 11.6. The van der Waals surface area contributed by atoms with Crippen LogP contribution in [-0.4, -0.2) is 11.9 Å². The van der Waals surface area contributed by atoms with E-state index in [4.69, 9.17) is 0 Å². The van der Waals surface area contributed by atoms with Gasteiger partial charge in [0.1, 0.15) is 0 Å². The van der Waals surface area contributed by atoms with Crippen molar-refractivity contribution in [3.63, 3.8) is 0 Å². The van der Waals surface area contributed by atoms with Gasteiger partial charge in [0.15, 0.2) is 0 Å². The largest absolute Gasteiger partial charge is 0.354 e. The third-order valence-corrected chi connectivity index (χ3v) is 3.39. The Balaban J connectivity index is 3.25. The maximum Gasteiger partial charge on any atom is 0.220 e. The predicted molar refractivity (Wildman–Crippen MR) is 79.7 cm³/mol.